The number of nitrogens with one attached hydrogen (secondary N) is 1. The van der Waals surface area contributed by atoms with Crippen LogP contribution in [0.15, 0.2) is 48.5 Å². The number of hydrogen-bond donors (Lipinski definition) is 1. The predicted octanol–water partition coefficient (Wildman–Crippen LogP) is 5.72. The monoisotopic (exact) mass is 423 g/mol. The molecule has 4 heteroatoms. The van der Waals surface area contributed by atoms with Crippen LogP contribution in [-0.2, 0) is 17.8 Å². The molecule has 3 rings (SSSR count). The van der Waals surface area contributed by atoms with Crippen LogP contribution in [0.1, 0.15) is 63.0 Å². The molecule has 168 valence electrons. The zero-order chi connectivity index (χ0) is 21.9. The predicted molar refractivity (Wildman–Crippen MR) is 126 cm³/mol. The van der Waals surface area contributed by atoms with Gasteiger partial charge in [-0.2, -0.15) is 0 Å². The zero-order valence-electron chi connectivity index (χ0n) is 19.1. The molecule has 1 N–H and O–H groups in total. The Balaban J connectivity index is 1.42. The van der Waals surface area contributed by atoms with Crippen LogP contribution >= 0.6 is 0 Å². The number of hydrogen-bond acceptors (Lipinski definition) is 4. The molecule has 1 unspecified atom stereocenters. The van der Waals surface area contributed by atoms with E-state index < -0.39 is 0 Å². The van der Waals surface area contributed by atoms with Crippen LogP contribution in [0.3, 0.4) is 0 Å². The SMILES string of the molecule is COc1ccc(CCC(=O)COc2ccccc2CNC(C)CC2CCCCC2)cc1. The van der Waals surface area contributed by atoms with Crippen molar-refractivity contribution in [3.63, 3.8) is 0 Å². The number of carbonyl (C=O) groups excluding carboxylic acids is 1. The lowest BCUT2D eigenvalue weighted by Gasteiger charge is -2.25. The van der Waals surface area contributed by atoms with Gasteiger partial charge >= 0.3 is 0 Å². The van der Waals surface area contributed by atoms with Gasteiger partial charge in [0.25, 0.3) is 0 Å². The first kappa shape index (κ1) is 23.3. The minimum Gasteiger partial charge on any atom is -0.497 e. The Morgan fingerprint density at radius 2 is 1.81 bits per heavy atom. The third-order valence-corrected chi connectivity index (χ3v) is 6.27. The number of aryl methyl sites for hydroxylation is 1. The van der Waals surface area contributed by atoms with Gasteiger partial charge < -0.3 is 14.8 Å². The highest BCUT2D eigenvalue weighted by Crippen LogP contribution is 2.27. The van der Waals surface area contributed by atoms with E-state index >= 15 is 0 Å². The molecule has 0 radical (unpaired) electrons. The second kappa shape index (κ2) is 12.5. The van der Waals surface area contributed by atoms with E-state index in [1.54, 1.807) is 7.11 Å². The molecule has 0 heterocycles. The fourth-order valence-electron chi connectivity index (χ4n) is 4.39. The van der Waals surface area contributed by atoms with Crippen LogP contribution in [0.2, 0.25) is 0 Å². The van der Waals surface area contributed by atoms with E-state index in [1.165, 1.54) is 38.5 Å². The van der Waals surface area contributed by atoms with Crippen molar-refractivity contribution in [3.8, 4) is 11.5 Å². The topological polar surface area (TPSA) is 47.6 Å². The van der Waals surface area contributed by atoms with Gasteiger partial charge in [0, 0.05) is 24.6 Å². The Labute approximate surface area is 187 Å². The number of carbonyl (C=O) groups is 1. The Hall–Kier alpha value is -2.33. The average Bonchev–Trinajstić information content (AvgIpc) is 2.81. The number of benzene rings is 2. The number of methoxy groups -OCH3 is 1. The first-order valence-electron chi connectivity index (χ1n) is 11.7. The van der Waals surface area contributed by atoms with E-state index in [0.29, 0.717) is 18.9 Å². The van der Waals surface area contributed by atoms with Crippen molar-refractivity contribution in [2.24, 2.45) is 5.92 Å². The summed E-state index contributed by atoms with van der Waals surface area (Å²) >= 11 is 0. The molecule has 1 aliphatic rings. The Bertz CT molecular complexity index is 796. The first-order chi connectivity index (χ1) is 15.1. The number of para-hydroxylation sites is 1. The third-order valence-electron chi connectivity index (χ3n) is 6.27. The standard InChI is InChI=1S/C27H37NO3/c1-21(18-23-8-4-3-5-9-23)28-19-24-10-6-7-11-27(24)31-20-25(29)15-12-22-13-16-26(30-2)17-14-22/h6-7,10-11,13-14,16-17,21,23,28H,3-5,8-9,12,15,18-20H2,1-2H3. The maximum atomic E-state index is 12.3. The van der Waals surface area contributed by atoms with Gasteiger partial charge in [0.05, 0.1) is 7.11 Å². The summed E-state index contributed by atoms with van der Waals surface area (Å²) in [6, 6.07) is 16.4. The summed E-state index contributed by atoms with van der Waals surface area (Å²) in [6.45, 7) is 3.16. The van der Waals surface area contributed by atoms with E-state index in [1.807, 2.05) is 42.5 Å². The van der Waals surface area contributed by atoms with Crippen LogP contribution in [-0.4, -0.2) is 25.5 Å². The maximum Gasteiger partial charge on any atom is 0.170 e. The fraction of sp³-hybridized carbons (Fsp3) is 0.519. The second-order valence-corrected chi connectivity index (χ2v) is 8.80. The quantitative estimate of drug-likeness (QED) is 0.474. The maximum absolute atomic E-state index is 12.3. The third kappa shape index (κ3) is 8.02. The van der Waals surface area contributed by atoms with Gasteiger partial charge in [0.2, 0.25) is 0 Å². The molecule has 31 heavy (non-hydrogen) atoms. The van der Waals surface area contributed by atoms with Crippen molar-refractivity contribution in [3.05, 3.63) is 59.7 Å². The van der Waals surface area contributed by atoms with Crippen molar-refractivity contribution in [2.45, 2.75) is 70.9 Å². The summed E-state index contributed by atoms with van der Waals surface area (Å²) in [4.78, 5) is 12.3. The van der Waals surface area contributed by atoms with Gasteiger partial charge in [-0.1, -0.05) is 62.4 Å². The lowest BCUT2D eigenvalue weighted by atomic mass is 9.85. The molecule has 0 amide bonds. The summed E-state index contributed by atoms with van der Waals surface area (Å²) < 4.78 is 11.1. The summed E-state index contributed by atoms with van der Waals surface area (Å²) in [5, 5.41) is 3.66. The highest BCUT2D eigenvalue weighted by molar-refractivity contribution is 5.80. The molecule has 2 aromatic rings. The molecule has 1 saturated carbocycles. The number of ketones is 1. The molecule has 0 spiro atoms. The lowest BCUT2D eigenvalue weighted by molar-refractivity contribution is -0.121. The highest BCUT2D eigenvalue weighted by Gasteiger charge is 2.16. The normalized spacial score (nSPS) is 15.4. The van der Waals surface area contributed by atoms with Crippen LogP contribution in [0.25, 0.3) is 0 Å². The summed E-state index contributed by atoms with van der Waals surface area (Å²) in [6.07, 6.45) is 9.38. The van der Waals surface area contributed by atoms with Gasteiger partial charge in [-0.25, -0.2) is 0 Å². The molecule has 1 aliphatic carbocycles. The minimum atomic E-state index is 0.115. The smallest absolute Gasteiger partial charge is 0.170 e. The lowest BCUT2D eigenvalue weighted by Crippen LogP contribution is -2.28. The Morgan fingerprint density at radius 3 is 2.55 bits per heavy atom. The number of Topliss-reactive ketones (excluding diaryl/α,β-unsaturated/α-hetero) is 1. The number of rotatable bonds is 12. The molecule has 0 saturated heterocycles. The Morgan fingerprint density at radius 1 is 1.06 bits per heavy atom. The summed E-state index contributed by atoms with van der Waals surface area (Å²) in [5.74, 6) is 2.62. The van der Waals surface area contributed by atoms with Crippen LogP contribution in [0.4, 0.5) is 0 Å². The van der Waals surface area contributed by atoms with Gasteiger partial charge in [-0.05, 0) is 49.4 Å². The first-order valence-corrected chi connectivity index (χ1v) is 11.7. The second-order valence-electron chi connectivity index (χ2n) is 8.80. The van der Waals surface area contributed by atoms with Crippen molar-refractivity contribution in [1.29, 1.82) is 0 Å². The Kier molecular flexibility index (Phi) is 9.41. The van der Waals surface area contributed by atoms with Crippen molar-refractivity contribution < 1.29 is 14.3 Å². The van der Waals surface area contributed by atoms with Crippen LogP contribution < -0.4 is 14.8 Å². The molecule has 0 aliphatic heterocycles. The molecule has 0 aromatic heterocycles. The molecular formula is C27H37NO3. The molecule has 1 fully saturated rings. The minimum absolute atomic E-state index is 0.115. The van der Waals surface area contributed by atoms with E-state index in [4.69, 9.17) is 9.47 Å². The molecular weight excluding hydrogens is 386 g/mol. The largest absolute Gasteiger partial charge is 0.497 e. The van der Waals surface area contributed by atoms with Crippen LogP contribution in [0, 0.1) is 5.92 Å². The molecule has 1 atom stereocenters. The zero-order valence-corrected chi connectivity index (χ0v) is 19.1. The highest BCUT2D eigenvalue weighted by atomic mass is 16.5. The van der Waals surface area contributed by atoms with E-state index in [2.05, 4.69) is 18.3 Å². The van der Waals surface area contributed by atoms with Gasteiger partial charge in [-0.15, -0.1) is 0 Å². The van der Waals surface area contributed by atoms with Crippen molar-refractivity contribution in [1.82, 2.24) is 5.32 Å². The van der Waals surface area contributed by atoms with E-state index in [9.17, 15) is 4.79 Å². The van der Waals surface area contributed by atoms with Crippen LogP contribution in [0.5, 0.6) is 11.5 Å². The molecule has 0 bridgehead atoms. The average molecular weight is 424 g/mol. The van der Waals surface area contributed by atoms with Crippen molar-refractivity contribution in [2.75, 3.05) is 13.7 Å². The van der Waals surface area contributed by atoms with Crippen molar-refractivity contribution >= 4 is 5.78 Å². The van der Waals surface area contributed by atoms with E-state index in [-0.39, 0.29) is 12.4 Å². The fourth-order valence-corrected chi connectivity index (χ4v) is 4.39. The number of ether oxygens (including phenoxy) is 2. The summed E-state index contributed by atoms with van der Waals surface area (Å²) in [5.41, 5.74) is 2.24. The summed E-state index contributed by atoms with van der Waals surface area (Å²) in [7, 11) is 1.65. The van der Waals surface area contributed by atoms with Gasteiger partial charge in [0.15, 0.2) is 5.78 Å². The van der Waals surface area contributed by atoms with E-state index in [0.717, 1.165) is 35.1 Å². The van der Waals surface area contributed by atoms with Gasteiger partial charge in [-0.3, -0.25) is 4.79 Å². The molecule has 4 nitrogen and oxygen atoms in total. The van der Waals surface area contributed by atoms with Gasteiger partial charge in [0.1, 0.15) is 18.1 Å². The molecule has 2 aromatic carbocycles.